The number of benzene rings is 1. The molecule has 1 aromatic carbocycles. The van der Waals surface area contributed by atoms with Crippen LogP contribution in [0.4, 0.5) is 0 Å². The zero-order chi connectivity index (χ0) is 15.2. The Bertz CT molecular complexity index is 607. The lowest BCUT2D eigenvalue weighted by molar-refractivity contribution is 0.570. The first kappa shape index (κ1) is 16.8. The van der Waals surface area contributed by atoms with Gasteiger partial charge in [0.15, 0.2) is 0 Å². The van der Waals surface area contributed by atoms with Crippen molar-refractivity contribution in [3.05, 3.63) is 51.6 Å². The molecule has 0 aliphatic heterocycles. The van der Waals surface area contributed by atoms with Crippen molar-refractivity contribution >= 4 is 39.3 Å². The molecular weight excluding hydrogens is 368 g/mol. The molecule has 1 aromatic heterocycles. The molecule has 0 aliphatic rings. The molecule has 5 heteroatoms. The quantitative estimate of drug-likeness (QED) is 0.689. The maximum absolute atomic E-state index is 6.42. The number of halogens is 2. The number of hydrogen-bond donors (Lipinski definition) is 1. The van der Waals surface area contributed by atoms with Crippen LogP contribution in [-0.4, -0.2) is 11.5 Å². The summed E-state index contributed by atoms with van der Waals surface area (Å²) >= 11 is 11.5. The zero-order valence-corrected chi connectivity index (χ0v) is 15.2. The second-order valence-corrected chi connectivity index (χ2v) is 7.08. The van der Waals surface area contributed by atoms with Gasteiger partial charge >= 0.3 is 0 Å². The van der Waals surface area contributed by atoms with Gasteiger partial charge in [0.2, 0.25) is 0 Å². The van der Waals surface area contributed by atoms with E-state index < -0.39 is 0 Å². The highest BCUT2D eigenvalue weighted by molar-refractivity contribution is 9.10. The number of nitrogens with zero attached hydrogens (tertiary/aromatic N) is 1. The molecule has 1 heterocycles. The molecule has 2 rings (SSSR count). The van der Waals surface area contributed by atoms with Crippen molar-refractivity contribution in [2.75, 3.05) is 6.54 Å². The number of nitrogens with one attached hydrogen (secondary N) is 1. The number of hydrogen-bond acceptors (Lipinski definition) is 3. The standard InChI is InChI=1S/C16H18BrClN2S/c1-3-8-19-11(2)13-7-6-12(10-15(13)18)21-16-14(17)5-4-9-20-16/h4-7,9-11,19H,3,8H2,1-2H3. The summed E-state index contributed by atoms with van der Waals surface area (Å²) in [6.07, 6.45) is 2.91. The van der Waals surface area contributed by atoms with E-state index >= 15 is 0 Å². The summed E-state index contributed by atoms with van der Waals surface area (Å²) in [6.45, 7) is 5.29. The van der Waals surface area contributed by atoms with E-state index in [4.69, 9.17) is 11.6 Å². The highest BCUT2D eigenvalue weighted by Crippen LogP contribution is 2.34. The average molecular weight is 386 g/mol. The lowest BCUT2D eigenvalue weighted by Crippen LogP contribution is -2.19. The van der Waals surface area contributed by atoms with Gasteiger partial charge in [-0.25, -0.2) is 4.98 Å². The van der Waals surface area contributed by atoms with Crippen molar-refractivity contribution in [1.29, 1.82) is 0 Å². The Kier molecular flexibility index (Phi) is 6.55. The van der Waals surface area contributed by atoms with Crippen LogP contribution >= 0.6 is 39.3 Å². The van der Waals surface area contributed by atoms with Crippen molar-refractivity contribution in [2.24, 2.45) is 0 Å². The Morgan fingerprint density at radius 1 is 1.38 bits per heavy atom. The van der Waals surface area contributed by atoms with E-state index in [1.54, 1.807) is 18.0 Å². The fourth-order valence-electron chi connectivity index (χ4n) is 1.95. The lowest BCUT2D eigenvalue weighted by Gasteiger charge is -2.16. The highest BCUT2D eigenvalue weighted by Gasteiger charge is 2.11. The first-order valence-corrected chi connectivity index (χ1v) is 8.91. The maximum Gasteiger partial charge on any atom is 0.115 e. The molecule has 1 atom stereocenters. The summed E-state index contributed by atoms with van der Waals surface area (Å²) in [7, 11) is 0. The first-order chi connectivity index (χ1) is 10.1. The Morgan fingerprint density at radius 2 is 2.19 bits per heavy atom. The molecule has 112 valence electrons. The van der Waals surface area contributed by atoms with Gasteiger partial charge in [-0.15, -0.1) is 0 Å². The van der Waals surface area contributed by atoms with E-state index in [0.717, 1.165) is 37.9 Å². The van der Waals surface area contributed by atoms with Gasteiger partial charge in [-0.1, -0.05) is 36.4 Å². The third-order valence-electron chi connectivity index (χ3n) is 3.08. The summed E-state index contributed by atoms with van der Waals surface area (Å²) < 4.78 is 0.994. The summed E-state index contributed by atoms with van der Waals surface area (Å²) in [5, 5.41) is 5.19. The Labute approximate surface area is 143 Å². The van der Waals surface area contributed by atoms with E-state index in [1.165, 1.54) is 0 Å². The van der Waals surface area contributed by atoms with Crippen LogP contribution < -0.4 is 5.32 Å². The van der Waals surface area contributed by atoms with Crippen LogP contribution in [0, 0.1) is 0 Å². The minimum atomic E-state index is 0.262. The van der Waals surface area contributed by atoms with E-state index in [-0.39, 0.29) is 6.04 Å². The number of pyridine rings is 1. The molecular formula is C16H18BrClN2S. The van der Waals surface area contributed by atoms with E-state index in [9.17, 15) is 0 Å². The molecule has 0 saturated heterocycles. The van der Waals surface area contributed by atoms with E-state index in [0.29, 0.717) is 0 Å². The Morgan fingerprint density at radius 3 is 2.86 bits per heavy atom. The smallest absolute Gasteiger partial charge is 0.115 e. The van der Waals surface area contributed by atoms with Gasteiger partial charge in [-0.2, -0.15) is 0 Å². The van der Waals surface area contributed by atoms with Crippen LogP contribution in [0.1, 0.15) is 31.9 Å². The molecule has 2 aromatic rings. The average Bonchev–Trinajstić information content (AvgIpc) is 2.47. The molecule has 0 spiro atoms. The molecule has 0 aliphatic carbocycles. The number of aromatic nitrogens is 1. The lowest BCUT2D eigenvalue weighted by atomic mass is 10.1. The van der Waals surface area contributed by atoms with Gasteiger partial charge < -0.3 is 5.32 Å². The van der Waals surface area contributed by atoms with Crippen LogP contribution in [0.5, 0.6) is 0 Å². The monoisotopic (exact) mass is 384 g/mol. The van der Waals surface area contributed by atoms with Crippen LogP contribution in [0.2, 0.25) is 5.02 Å². The zero-order valence-electron chi connectivity index (χ0n) is 12.1. The number of rotatable bonds is 6. The van der Waals surface area contributed by atoms with E-state index in [1.807, 2.05) is 18.2 Å². The molecule has 0 radical (unpaired) electrons. The maximum atomic E-state index is 6.42. The highest BCUT2D eigenvalue weighted by atomic mass is 79.9. The first-order valence-electron chi connectivity index (χ1n) is 6.93. The second-order valence-electron chi connectivity index (χ2n) is 4.75. The molecule has 0 saturated carbocycles. The predicted molar refractivity (Wildman–Crippen MR) is 94.2 cm³/mol. The topological polar surface area (TPSA) is 24.9 Å². The minimum Gasteiger partial charge on any atom is -0.310 e. The second kappa shape index (κ2) is 8.18. The summed E-state index contributed by atoms with van der Waals surface area (Å²) in [5.41, 5.74) is 1.13. The summed E-state index contributed by atoms with van der Waals surface area (Å²) in [6, 6.07) is 10.4. The van der Waals surface area contributed by atoms with Gasteiger partial charge in [0.1, 0.15) is 5.03 Å². The van der Waals surface area contributed by atoms with Gasteiger partial charge in [0.05, 0.1) is 4.47 Å². The molecule has 0 fully saturated rings. The SMILES string of the molecule is CCCNC(C)c1ccc(Sc2ncccc2Br)cc1Cl. The summed E-state index contributed by atoms with van der Waals surface area (Å²) in [5.74, 6) is 0. The molecule has 1 unspecified atom stereocenters. The minimum absolute atomic E-state index is 0.262. The third-order valence-corrected chi connectivity index (χ3v) is 5.32. The fourth-order valence-corrected chi connectivity index (χ4v) is 3.67. The summed E-state index contributed by atoms with van der Waals surface area (Å²) in [4.78, 5) is 5.45. The van der Waals surface area contributed by atoms with Crippen LogP contribution in [0.15, 0.2) is 50.9 Å². The third kappa shape index (κ3) is 4.71. The van der Waals surface area contributed by atoms with Crippen molar-refractivity contribution < 1.29 is 0 Å². The molecule has 0 amide bonds. The normalized spacial score (nSPS) is 12.4. The van der Waals surface area contributed by atoms with Crippen LogP contribution in [0.3, 0.4) is 0 Å². The van der Waals surface area contributed by atoms with Gasteiger partial charge in [-0.3, -0.25) is 0 Å². The van der Waals surface area contributed by atoms with Crippen molar-refractivity contribution in [3.8, 4) is 0 Å². The van der Waals surface area contributed by atoms with Crippen LogP contribution in [-0.2, 0) is 0 Å². The van der Waals surface area contributed by atoms with Gasteiger partial charge in [-0.05, 0) is 65.6 Å². The van der Waals surface area contributed by atoms with Crippen molar-refractivity contribution in [3.63, 3.8) is 0 Å². The van der Waals surface area contributed by atoms with E-state index in [2.05, 4.69) is 52.2 Å². The largest absolute Gasteiger partial charge is 0.310 e. The van der Waals surface area contributed by atoms with Gasteiger partial charge in [0, 0.05) is 22.2 Å². The molecule has 0 bridgehead atoms. The molecule has 2 nitrogen and oxygen atoms in total. The fraction of sp³-hybridized carbons (Fsp3) is 0.312. The Hall–Kier alpha value is -0.550. The Balaban J connectivity index is 2.14. The molecule has 1 N–H and O–H groups in total. The van der Waals surface area contributed by atoms with Crippen LogP contribution in [0.25, 0.3) is 0 Å². The van der Waals surface area contributed by atoms with Crippen molar-refractivity contribution in [2.45, 2.75) is 36.2 Å². The van der Waals surface area contributed by atoms with Gasteiger partial charge in [0.25, 0.3) is 0 Å². The van der Waals surface area contributed by atoms with Crippen molar-refractivity contribution in [1.82, 2.24) is 10.3 Å². The molecule has 21 heavy (non-hydrogen) atoms. The predicted octanol–water partition coefficient (Wildman–Crippen LogP) is 5.71.